The molecule has 1 unspecified atom stereocenters. The van der Waals surface area contributed by atoms with E-state index in [4.69, 9.17) is 27.9 Å². The van der Waals surface area contributed by atoms with Crippen LogP contribution in [-0.2, 0) is 14.8 Å². The summed E-state index contributed by atoms with van der Waals surface area (Å²) in [6, 6.07) is 8.79. The lowest BCUT2D eigenvalue weighted by Crippen LogP contribution is -2.41. The Morgan fingerprint density at radius 2 is 1.78 bits per heavy atom. The molecular weight excluding hydrogens is 417 g/mol. The zero-order chi connectivity index (χ0) is 19.6. The first-order valence-electron chi connectivity index (χ1n) is 7.58. The highest BCUT2D eigenvalue weighted by molar-refractivity contribution is 7.89. The van der Waals surface area contributed by atoms with Crippen molar-refractivity contribution < 1.29 is 22.7 Å². The van der Waals surface area contributed by atoms with Gasteiger partial charge in [0.25, 0.3) is 5.91 Å². The van der Waals surface area contributed by atoms with Crippen LogP contribution in [0.2, 0.25) is 10.0 Å². The Morgan fingerprint density at radius 1 is 1.04 bits per heavy atom. The zero-order valence-corrected chi connectivity index (χ0v) is 15.9. The summed E-state index contributed by atoms with van der Waals surface area (Å²) < 4.78 is 32.7. The molecule has 2 aromatic carbocycles. The highest BCUT2D eigenvalue weighted by Crippen LogP contribution is 2.30. The molecule has 0 bridgehead atoms. The predicted molar refractivity (Wildman–Crippen MR) is 98.6 cm³/mol. The highest BCUT2D eigenvalue weighted by Gasteiger charge is 2.30. The molecule has 1 atom stereocenters. The van der Waals surface area contributed by atoms with E-state index in [1.807, 2.05) is 5.32 Å². The van der Waals surface area contributed by atoms with Crippen molar-refractivity contribution in [3.63, 3.8) is 0 Å². The van der Waals surface area contributed by atoms with E-state index in [-0.39, 0.29) is 17.2 Å². The number of amides is 3. The quantitative estimate of drug-likeness (QED) is 0.609. The van der Waals surface area contributed by atoms with Gasteiger partial charge in [0.2, 0.25) is 10.0 Å². The Morgan fingerprint density at radius 3 is 2.44 bits per heavy atom. The van der Waals surface area contributed by atoms with Crippen LogP contribution in [0.5, 0.6) is 11.5 Å². The lowest BCUT2D eigenvalue weighted by atomic mass is 10.3. The minimum Gasteiger partial charge on any atom is -0.457 e. The van der Waals surface area contributed by atoms with Crippen molar-refractivity contribution in [3.05, 3.63) is 52.5 Å². The molecule has 3 amide bonds. The maximum absolute atomic E-state index is 12.4. The highest BCUT2D eigenvalue weighted by atomic mass is 35.5. The van der Waals surface area contributed by atoms with E-state index in [1.165, 1.54) is 24.3 Å². The van der Waals surface area contributed by atoms with Gasteiger partial charge >= 0.3 is 6.03 Å². The van der Waals surface area contributed by atoms with Crippen LogP contribution in [0.1, 0.15) is 0 Å². The van der Waals surface area contributed by atoms with Gasteiger partial charge in [-0.1, -0.05) is 29.3 Å². The van der Waals surface area contributed by atoms with Crippen LogP contribution in [0.3, 0.4) is 0 Å². The number of halogens is 2. The number of nitrogens with one attached hydrogen (secondary N) is 3. The number of carbonyl (C=O) groups excluding carboxylic acids is 2. The van der Waals surface area contributed by atoms with Gasteiger partial charge < -0.3 is 10.1 Å². The molecule has 0 aromatic heterocycles. The molecule has 2 aromatic rings. The SMILES string of the molecule is O=C1NC(=O)C(CNS(=O)(=O)c2cccc(Oc3ccc(Cl)c(Cl)c3)c2)N1. The van der Waals surface area contributed by atoms with Crippen LogP contribution < -0.4 is 20.1 Å². The third-order valence-corrected chi connectivity index (χ3v) is 5.74. The lowest BCUT2D eigenvalue weighted by molar-refractivity contribution is -0.120. The van der Waals surface area contributed by atoms with Gasteiger partial charge in [-0.2, -0.15) is 0 Å². The summed E-state index contributed by atoms with van der Waals surface area (Å²) in [5.41, 5.74) is 0. The Hall–Kier alpha value is -2.33. The molecule has 11 heteroatoms. The maximum atomic E-state index is 12.4. The fraction of sp³-hybridized carbons (Fsp3) is 0.125. The summed E-state index contributed by atoms with van der Waals surface area (Å²) in [6.45, 7) is -0.280. The van der Waals surface area contributed by atoms with Gasteiger partial charge in [-0.25, -0.2) is 17.9 Å². The molecule has 3 rings (SSSR count). The van der Waals surface area contributed by atoms with E-state index in [2.05, 4.69) is 10.0 Å². The number of sulfonamides is 1. The van der Waals surface area contributed by atoms with Crippen LogP contribution >= 0.6 is 23.2 Å². The molecule has 142 valence electrons. The molecule has 0 radical (unpaired) electrons. The Labute approximate surface area is 164 Å². The Bertz CT molecular complexity index is 1010. The standard InChI is InChI=1S/C16H13Cl2N3O5S/c17-12-5-4-10(7-13(12)18)26-9-2-1-3-11(6-9)27(24,25)19-8-14-15(22)21-16(23)20-14/h1-7,14,19H,8H2,(H2,20,21,22,23). The molecule has 1 fully saturated rings. The minimum absolute atomic E-state index is 0.0650. The molecule has 1 saturated heterocycles. The van der Waals surface area contributed by atoms with E-state index < -0.39 is 28.0 Å². The fourth-order valence-electron chi connectivity index (χ4n) is 2.26. The normalized spacial score (nSPS) is 16.7. The van der Waals surface area contributed by atoms with E-state index in [1.54, 1.807) is 18.2 Å². The number of urea groups is 1. The number of imide groups is 1. The molecule has 1 aliphatic heterocycles. The summed E-state index contributed by atoms with van der Waals surface area (Å²) in [4.78, 5) is 22.5. The van der Waals surface area contributed by atoms with Crippen molar-refractivity contribution in [2.45, 2.75) is 10.9 Å². The number of hydrogen-bond acceptors (Lipinski definition) is 5. The molecule has 1 heterocycles. The Balaban J connectivity index is 1.72. The van der Waals surface area contributed by atoms with E-state index >= 15 is 0 Å². The van der Waals surface area contributed by atoms with Gasteiger partial charge in [-0.3, -0.25) is 10.1 Å². The summed E-state index contributed by atoms with van der Waals surface area (Å²) in [6.07, 6.45) is 0. The van der Waals surface area contributed by atoms with Gasteiger partial charge in [0.15, 0.2) is 0 Å². The van der Waals surface area contributed by atoms with Crippen molar-refractivity contribution in [1.29, 1.82) is 0 Å². The first kappa shape index (κ1) is 19.4. The van der Waals surface area contributed by atoms with Crippen LogP contribution in [-0.4, -0.2) is 32.9 Å². The second-order valence-electron chi connectivity index (χ2n) is 5.52. The van der Waals surface area contributed by atoms with Gasteiger partial charge in [-0.15, -0.1) is 0 Å². The summed E-state index contributed by atoms with van der Waals surface area (Å²) in [5.74, 6) is 0.0554. The second-order valence-corrected chi connectivity index (χ2v) is 8.10. The smallest absolute Gasteiger partial charge is 0.322 e. The van der Waals surface area contributed by atoms with Crippen molar-refractivity contribution in [2.75, 3.05) is 6.54 Å². The molecular formula is C16H13Cl2N3O5S. The zero-order valence-electron chi connectivity index (χ0n) is 13.5. The van der Waals surface area contributed by atoms with E-state index in [0.717, 1.165) is 0 Å². The molecule has 8 nitrogen and oxygen atoms in total. The largest absolute Gasteiger partial charge is 0.457 e. The molecule has 1 aliphatic rings. The number of benzene rings is 2. The molecule has 27 heavy (non-hydrogen) atoms. The van der Waals surface area contributed by atoms with Gasteiger partial charge in [0.05, 0.1) is 14.9 Å². The monoisotopic (exact) mass is 429 g/mol. The summed E-state index contributed by atoms with van der Waals surface area (Å²) in [5, 5.41) is 5.00. The first-order chi connectivity index (χ1) is 12.7. The first-order valence-corrected chi connectivity index (χ1v) is 9.82. The van der Waals surface area contributed by atoms with Crippen molar-refractivity contribution in [3.8, 4) is 11.5 Å². The summed E-state index contributed by atoms with van der Waals surface area (Å²) in [7, 11) is -3.93. The fourth-order valence-corrected chi connectivity index (χ4v) is 3.63. The number of carbonyl (C=O) groups is 2. The molecule has 0 aliphatic carbocycles. The predicted octanol–water partition coefficient (Wildman–Crippen LogP) is 2.27. The van der Waals surface area contributed by atoms with Crippen molar-refractivity contribution >= 4 is 45.2 Å². The van der Waals surface area contributed by atoms with Crippen LogP contribution in [0, 0.1) is 0 Å². The summed E-state index contributed by atoms with van der Waals surface area (Å²) >= 11 is 11.8. The van der Waals surface area contributed by atoms with Crippen LogP contribution in [0.4, 0.5) is 4.79 Å². The average molecular weight is 430 g/mol. The minimum atomic E-state index is -3.93. The lowest BCUT2D eigenvalue weighted by Gasteiger charge is -2.11. The van der Waals surface area contributed by atoms with E-state index in [9.17, 15) is 18.0 Å². The van der Waals surface area contributed by atoms with Gasteiger partial charge in [0.1, 0.15) is 17.5 Å². The second kappa shape index (κ2) is 7.73. The molecule has 3 N–H and O–H groups in total. The topological polar surface area (TPSA) is 114 Å². The maximum Gasteiger partial charge on any atom is 0.322 e. The van der Waals surface area contributed by atoms with E-state index in [0.29, 0.717) is 15.8 Å². The van der Waals surface area contributed by atoms with Crippen molar-refractivity contribution in [1.82, 2.24) is 15.4 Å². The van der Waals surface area contributed by atoms with Crippen LogP contribution in [0.25, 0.3) is 0 Å². The molecule has 0 saturated carbocycles. The number of ether oxygens (including phenoxy) is 1. The Kier molecular flexibility index (Phi) is 5.56. The van der Waals surface area contributed by atoms with Gasteiger partial charge in [0, 0.05) is 18.7 Å². The molecule has 0 spiro atoms. The number of hydrogen-bond donors (Lipinski definition) is 3. The van der Waals surface area contributed by atoms with Crippen LogP contribution in [0.15, 0.2) is 47.4 Å². The van der Waals surface area contributed by atoms with Crippen molar-refractivity contribution in [2.24, 2.45) is 0 Å². The third kappa shape index (κ3) is 4.69. The van der Waals surface area contributed by atoms with Gasteiger partial charge in [-0.05, 0) is 24.3 Å². The third-order valence-electron chi connectivity index (χ3n) is 3.58. The number of rotatable bonds is 6. The average Bonchev–Trinajstić information content (AvgIpc) is 2.94.